The average molecular weight is 331 g/mol. The number of fused-ring (bicyclic) bond motifs is 1. The number of aryl methyl sites for hydroxylation is 1. The molecule has 4 rings (SSSR count). The van der Waals surface area contributed by atoms with Gasteiger partial charge in [-0.3, -0.25) is 0 Å². The zero-order chi connectivity index (χ0) is 17.4. The molecule has 0 bridgehead atoms. The molecule has 0 aliphatic carbocycles. The number of pyridine rings is 1. The van der Waals surface area contributed by atoms with Crippen LogP contribution in [0.15, 0.2) is 55.1 Å². The van der Waals surface area contributed by atoms with Gasteiger partial charge in [0.05, 0.1) is 30.1 Å². The molecule has 0 aliphatic heterocycles. The van der Waals surface area contributed by atoms with Crippen LogP contribution in [0.1, 0.15) is 6.92 Å². The average Bonchev–Trinajstić information content (AvgIpc) is 3.25. The molecule has 0 amide bonds. The molecule has 0 atom stereocenters. The van der Waals surface area contributed by atoms with E-state index < -0.39 is 0 Å². The molecule has 4 aromatic rings. The maximum Gasteiger partial charge on any atom is 0.254 e. The van der Waals surface area contributed by atoms with E-state index >= 15 is 0 Å². The second kappa shape index (κ2) is 5.87. The van der Waals surface area contributed by atoms with Crippen molar-refractivity contribution in [2.24, 2.45) is 0 Å². The summed E-state index contributed by atoms with van der Waals surface area (Å²) in [6.45, 7) is 10.1. The van der Waals surface area contributed by atoms with E-state index in [1.807, 2.05) is 29.8 Å². The molecule has 1 aromatic carbocycles. The van der Waals surface area contributed by atoms with Gasteiger partial charge in [0.1, 0.15) is 5.82 Å². The van der Waals surface area contributed by atoms with Crippen LogP contribution in [0.25, 0.3) is 33.0 Å². The summed E-state index contributed by atoms with van der Waals surface area (Å²) in [4.78, 5) is 12.3. The Morgan fingerprint density at radius 2 is 1.84 bits per heavy atom. The Bertz CT molecular complexity index is 1100. The lowest BCUT2D eigenvalue weighted by atomic mass is 10.1. The Morgan fingerprint density at radius 3 is 2.56 bits per heavy atom. The predicted octanol–water partition coefficient (Wildman–Crippen LogP) is 4.57. The zero-order valence-electron chi connectivity index (χ0n) is 13.5. The molecule has 0 saturated heterocycles. The first-order valence-corrected chi connectivity index (χ1v) is 7.87. The molecule has 25 heavy (non-hydrogen) atoms. The van der Waals surface area contributed by atoms with Crippen molar-refractivity contribution in [1.29, 1.82) is 0 Å². The summed E-state index contributed by atoms with van der Waals surface area (Å²) >= 11 is 0. The second-order valence-electron chi connectivity index (χ2n) is 5.61. The Labute approximate surface area is 143 Å². The van der Waals surface area contributed by atoms with E-state index in [-0.39, 0.29) is 5.82 Å². The maximum atomic E-state index is 13.3. The minimum absolute atomic E-state index is 0.276. The minimum atomic E-state index is -0.276. The predicted molar refractivity (Wildman–Crippen MR) is 93.7 cm³/mol. The van der Waals surface area contributed by atoms with Gasteiger partial charge in [0.25, 0.3) is 5.82 Å². The van der Waals surface area contributed by atoms with Gasteiger partial charge in [-0.05, 0) is 37.3 Å². The van der Waals surface area contributed by atoms with Crippen LogP contribution in [0, 0.1) is 12.4 Å². The largest absolute Gasteiger partial charge is 0.362 e. The summed E-state index contributed by atoms with van der Waals surface area (Å²) in [5, 5.41) is 0. The molecule has 0 saturated carbocycles. The van der Waals surface area contributed by atoms with E-state index in [2.05, 4.69) is 14.8 Å². The highest BCUT2D eigenvalue weighted by atomic mass is 19.1. The highest BCUT2D eigenvalue weighted by molar-refractivity contribution is 5.79. The summed E-state index contributed by atoms with van der Waals surface area (Å²) in [6.07, 6.45) is 5.23. The number of imidazole rings is 2. The van der Waals surface area contributed by atoms with Gasteiger partial charge in [0.15, 0.2) is 0 Å². The van der Waals surface area contributed by atoms with Crippen LogP contribution in [0.2, 0.25) is 0 Å². The number of hydrogen-bond acceptors (Lipinski definition) is 2. The summed E-state index contributed by atoms with van der Waals surface area (Å²) in [6, 6.07) is 10.2. The maximum absolute atomic E-state index is 13.3. The van der Waals surface area contributed by atoms with E-state index in [1.54, 1.807) is 29.1 Å². The van der Waals surface area contributed by atoms with Crippen LogP contribution in [0.4, 0.5) is 10.2 Å². The van der Waals surface area contributed by atoms with Crippen molar-refractivity contribution < 1.29 is 4.39 Å². The van der Waals surface area contributed by atoms with Gasteiger partial charge in [-0.2, -0.15) is 0 Å². The van der Waals surface area contributed by atoms with Gasteiger partial charge in [0.2, 0.25) is 5.65 Å². The highest BCUT2D eigenvalue weighted by Crippen LogP contribution is 2.32. The molecule has 6 heteroatoms. The normalized spacial score (nSPS) is 10.9. The van der Waals surface area contributed by atoms with Crippen LogP contribution in [0.3, 0.4) is 0 Å². The van der Waals surface area contributed by atoms with Crippen molar-refractivity contribution in [3.63, 3.8) is 0 Å². The SMILES string of the molecule is [C-]#[N+]c1cnc2ccc(-c3c(-c4ccc(F)cc4)ncn3CC)cn12. The number of nitrogens with zero attached hydrogens (tertiary/aromatic N) is 5. The minimum Gasteiger partial charge on any atom is -0.362 e. The summed E-state index contributed by atoms with van der Waals surface area (Å²) < 4.78 is 17.1. The first-order chi connectivity index (χ1) is 12.2. The fourth-order valence-corrected chi connectivity index (χ4v) is 2.93. The third-order valence-corrected chi connectivity index (χ3v) is 4.17. The van der Waals surface area contributed by atoms with Crippen molar-refractivity contribution in [1.82, 2.24) is 18.9 Å². The Hall–Kier alpha value is -3.46. The number of rotatable bonds is 3. The van der Waals surface area contributed by atoms with Crippen molar-refractivity contribution in [2.45, 2.75) is 13.5 Å². The molecule has 3 aromatic heterocycles. The van der Waals surface area contributed by atoms with Crippen LogP contribution in [0.5, 0.6) is 0 Å². The molecular formula is C19H14FN5. The first kappa shape index (κ1) is 15.1. The van der Waals surface area contributed by atoms with Gasteiger partial charge in [-0.25, -0.2) is 18.8 Å². The summed E-state index contributed by atoms with van der Waals surface area (Å²) in [5.74, 6) is 0.185. The lowest BCUT2D eigenvalue weighted by Crippen LogP contribution is -1.97. The topological polar surface area (TPSA) is 39.5 Å². The summed E-state index contributed by atoms with van der Waals surface area (Å²) in [7, 11) is 0. The third-order valence-electron chi connectivity index (χ3n) is 4.17. The van der Waals surface area contributed by atoms with Crippen molar-refractivity contribution in [3.05, 3.63) is 72.4 Å². The highest BCUT2D eigenvalue weighted by Gasteiger charge is 2.17. The molecule has 0 fully saturated rings. The van der Waals surface area contributed by atoms with E-state index in [4.69, 9.17) is 6.57 Å². The van der Waals surface area contributed by atoms with Crippen molar-refractivity contribution >= 4 is 11.5 Å². The molecule has 0 spiro atoms. The molecule has 122 valence electrons. The van der Waals surface area contributed by atoms with E-state index in [0.29, 0.717) is 5.82 Å². The van der Waals surface area contributed by atoms with Gasteiger partial charge in [0, 0.05) is 23.7 Å². The smallest absolute Gasteiger partial charge is 0.254 e. The van der Waals surface area contributed by atoms with E-state index in [0.717, 1.165) is 34.7 Å². The lowest BCUT2D eigenvalue weighted by Gasteiger charge is -2.08. The van der Waals surface area contributed by atoms with Gasteiger partial charge in [-0.1, -0.05) is 6.57 Å². The molecule has 0 radical (unpaired) electrons. The van der Waals surface area contributed by atoms with Crippen LogP contribution < -0.4 is 0 Å². The fraction of sp³-hybridized carbons (Fsp3) is 0.105. The second-order valence-corrected chi connectivity index (χ2v) is 5.61. The van der Waals surface area contributed by atoms with E-state index in [1.165, 1.54) is 12.1 Å². The number of hydrogen-bond donors (Lipinski definition) is 0. The molecule has 0 unspecified atom stereocenters. The lowest BCUT2D eigenvalue weighted by molar-refractivity contribution is 0.628. The van der Waals surface area contributed by atoms with Gasteiger partial charge in [-0.15, -0.1) is 0 Å². The van der Waals surface area contributed by atoms with Gasteiger partial charge >= 0.3 is 0 Å². The standard InChI is InChI=1S/C19H14FN5/c1-3-24-12-23-18(13-4-7-15(20)8-5-13)19(24)14-6-9-16-22-10-17(21-2)25(16)11-14/h4-12H,3H2,1H3. The van der Waals surface area contributed by atoms with Gasteiger partial charge < -0.3 is 9.41 Å². The molecule has 0 N–H and O–H groups in total. The molecule has 0 aliphatic rings. The zero-order valence-corrected chi connectivity index (χ0v) is 13.5. The third kappa shape index (κ3) is 2.46. The molecule has 5 nitrogen and oxygen atoms in total. The fourth-order valence-electron chi connectivity index (χ4n) is 2.93. The molecule has 3 heterocycles. The Morgan fingerprint density at radius 1 is 1.08 bits per heavy atom. The van der Waals surface area contributed by atoms with Crippen LogP contribution in [-0.2, 0) is 6.54 Å². The van der Waals surface area contributed by atoms with E-state index in [9.17, 15) is 4.39 Å². The Balaban J connectivity index is 1.94. The monoisotopic (exact) mass is 331 g/mol. The number of aromatic nitrogens is 4. The van der Waals surface area contributed by atoms with Crippen LogP contribution >= 0.6 is 0 Å². The van der Waals surface area contributed by atoms with Crippen molar-refractivity contribution in [3.8, 4) is 22.5 Å². The quantitative estimate of drug-likeness (QED) is 0.516. The number of halogens is 1. The number of benzene rings is 1. The molecular weight excluding hydrogens is 317 g/mol. The first-order valence-electron chi connectivity index (χ1n) is 7.87. The van der Waals surface area contributed by atoms with Crippen LogP contribution in [-0.4, -0.2) is 18.9 Å². The Kier molecular flexibility index (Phi) is 3.55. The summed E-state index contributed by atoms with van der Waals surface area (Å²) in [5.41, 5.74) is 4.21. The van der Waals surface area contributed by atoms with Crippen molar-refractivity contribution in [2.75, 3.05) is 0 Å².